The third kappa shape index (κ3) is 12.3. The Balaban J connectivity index is 0.000000198. The van der Waals surface area contributed by atoms with Gasteiger partial charge in [0.2, 0.25) is 21.7 Å². The first-order chi connectivity index (χ1) is 39.3. The second-order valence-corrected chi connectivity index (χ2v) is 20.6. The zero-order chi connectivity index (χ0) is 58.4. The number of rotatable bonds is 14. The molecule has 2 fully saturated rings. The summed E-state index contributed by atoms with van der Waals surface area (Å²) in [6.45, 7) is 8.69. The number of carbonyl (C=O) groups is 9. The van der Waals surface area contributed by atoms with E-state index in [0.29, 0.717) is 45.1 Å². The standard InChI is InChI=1S/C32H25N3O7S.C31H22N2O6/c1-20-17-29(36)35(32(20)39)25-13-9-21(10-14-25)30(37)33-23-5-3-7-27(18-23)43(40,41)28-8-4-6-24(19-28)34-31(38)22-11-15-26(42-2)16-12-22;1-18-14-28(35)33(30(18)37)26-12-10-20(11-13-26)29(36)32-25-4-3-5-27(17-25)39-31(38)24-9-8-22-15-21(19(2)34)6-7-23(22)16-24/h3-16,18-19H,1,17H2,2H3,(H,33,37)(H,34,38);3-13,15-17H,1,14H2,2H3,(H,32,36). The minimum atomic E-state index is -4.02. The molecule has 8 aromatic carbocycles. The molecule has 2 saturated heterocycles. The molecule has 2 heterocycles. The van der Waals surface area contributed by atoms with Gasteiger partial charge in [-0.3, -0.25) is 38.4 Å². The molecule has 408 valence electrons. The number of esters is 1. The summed E-state index contributed by atoms with van der Waals surface area (Å²) in [4.78, 5) is 113. The second kappa shape index (κ2) is 23.6. The van der Waals surface area contributed by atoms with Crippen LogP contribution in [0, 0.1) is 0 Å². The summed E-state index contributed by atoms with van der Waals surface area (Å²) in [5.74, 6) is -2.81. The summed E-state index contributed by atoms with van der Waals surface area (Å²) in [7, 11) is -2.50. The molecule has 7 amide bonds. The van der Waals surface area contributed by atoms with Gasteiger partial charge in [-0.05, 0) is 157 Å². The van der Waals surface area contributed by atoms with Crippen LogP contribution in [-0.2, 0) is 29.0 Å². The molecule has 0 radical (unpaired) electrons. The summed E-state index contributed by atoms with van der Waals surface area (Å²) in [6.07, 6.45) is -0.0756. The van der Waals surface area contributed by atoms with Gasteiger partial charge in [-0.1, -0.05) is 49.6 Å². The molecule has 0 bridgehead atoms. The number of imide groups is 2. The fourth-order valence-electron chi connectivity index (χ4n) is 8.63. The molecule has 82 heavy (non-hydrogen) atoms. The number of carbonyl (C=O) groups excluding carboxylic acids is 9. The van der Waals surface area contributed by atoms with Gasteiger partial charge in [0.15, 0.2) is 5.78 Å². The van der Waals surface area contributed by atoms with Crippen LogP contribution in [0.2, 0.25) is 0 Å². The number of ether oxygens (including phenoxy) is 2. The third-order valence-corrected chi connectivity index (χ3v) is 14.7. The normalized spacial score (nSPS) is 13.1. The van der Waals surface area contributed by atoms with E-state index in [9.17, 15) is 51.6 Å². The zero-order valence-electron chi connectivity index (χ0n) is 43.8. The van der Waals surface area contributed by atoms with E-state index in [-0.39, 0.29) is 68.2 Å². The smallest absolute Gasteiger partial charge is 0.343 e. The average Bonchev–Trinajstić information content (AvgIpc) is 4.04. The van der Waals surface area contributed by atoms with Crippen LogP contribution in [-0.4, -0.2) is 68.6 Å². The van der Waals surface area contributed by atoms with Gasteiger partial charge in [-0.2, -0.15) is 0 Å². The predicted octanol–water partition coefficient (Wildman–Crippen LogP) is 10.2. The number of anilines is 5. The van der Waals surface area contributed by atoms with Crippen LogP contribution in [0.5, 0.6) is 11.5 Å². The van der Waals surface area contributed by atoms with Crippen LogP contribution in [0.4, 0.5) is 28.4 Å². The Morgan fingerprint density at radius 3 is 1.27 bits per heavy atom. The van der Waals surface area contributed by atoms with Crippen molar-refractivity contribution in [2.24, 2.45) is 0 Å². The number of ketones is 1. The molecule has 10 rings (SSSR count). The van der Waals surface area contributed by atoms with E-state index in [1.165, 1.54) is 105 Å². The number of nitrogens with zero attached hydrogens (tertiary/aromatic N) is 2. The Hall–Kier alpha value is -10.9. The maximum absolute atomic E-state index is 13.5. The fraction of sp³-hybridized carbons (Fsp3) is 0.0635. The maximum atomic E-state index is 13.5. The van der Waals surface area contributed by atoms with Crippen LogP contribution < -0.4 is 35.2 Å². The molecule has 0 spiro atoms. The van der Waals surface area contributed by atoms with Gasteiger partial charge >= 0.3 is 5.97 Å². The molecule has 18 nitrogen and oxygen atoms in total. The molecule has 8 aromatic rings. The first kappa shape index (κ1) is 55.8. The van der Waals surface area contributed by atoms with Crippen molar-refractivity contribution in [3.05, 3.63) is 234 Å². The number of nitrogens with one attached hydrogen (secondary N) is 3. The molecule has 2 aliphatic heterocycles. The molecule has 2 aliphatic rings. The van der Waals surface area contributed by atoms with Gasteiger partial charge in [0.1, 0.15) is 11.5 Å². The van der Waals surface area contributed by atoms with Crippen molar-refractivity contribution in [1.29, 1.82) is 0 Å². The Kier molecular flexibility index (Phi) is 16.1. The summed E-state index contributed by atoms with van der Waals surface area (Å²) in [6, 6.07) is 46.8. The Bertz CT molecular complexity index is 4120. The van der Waals surface area contributed by atoms with Crippen molar-refractivity contribution in [3.63, 3.8) is 0 Å². The number of benzene rings is 8. The number of sulfone groups is 1. The second-order valence-electron chi connectivity index (χ2n) is 18.6. The van der Waals surface area contributed by atoms with Crippen LogP contribution >= 0.6 is 0 Å². The van der Waals surface area contributed by atoms with E-state index in [4.69, 9.17) is 9.47 Å². The summed E-state index contributed by atoms with van der Waals surface area (Å²) < 4.78 is 37.5. The van der Waals surface area contributed by atoms with Crippen LogP contribution in [0.15, 0.2) is 216 Å². The van der Waals surface area contributed by atoms with Gasteiger partial charge < -0.3 is 25.4 Å². The van der Waals surface area contributed by atoms with E-state index in [0.717, 1.165) is 20.6 Å². The lowest BCUT2D eigenvalue weighted by Gasteiger charge is -2.14. The van der Waals surface area contributed by atoms with E-state index in [2.05, 4.69) is 29.1 Å². The molecule has 0 unspecified atom stereocenters. The highest BCUT2D eigenvalue weighted by atomic mass is 32.2. The van der Waals surface area contributed by atoms with Gasteiger partial charge in [0, 0.05) is 56.5 Å². The van der Waals surface area contributed by atoms with Gasteiger partial charge in [0.05, 0.1) is 46.7 Å². The highest BCUT2D eigenvalue weighted by Gasteiger charge is 2.35. The topological polar surface area (TPSA) is 249 Å². The first-order valence-corrected chi connectivity index (χ1v) is 26.4. The first-order valence-electron chi connectivity index (χ1n) is 25.0. The monoisotopic (exact) mass is 1110 g/mol. The predicted molar refractivity (Wildman–Crippen MR) is 306 cm³/mol. The van der Waals surface area contributed by atoms with Gasteiger partial charge in [-0.15, -0.1) is 0 Å². The lowest BCUT2D eigenvalue weighted by molar-refractivity contribution is -0.122. The molecule has 0 saturated carbocycles. The maximum Gasteiger partial charge on any atom is 0.343 e. The summed E-state index contributed by atoms with van der Waals surface area (Å²) in [5, 5.41) is 9.74. The zero-order valence-corrected chi connectivity index (χ0v) is 44.6. The molecular formula is C63H47N5O13S. The van der Waals surface area contributed by atoms with Crippen molar-refractivity contribution in [1.82, 2.24) is 0 Å². The molecule has 0 atom stereocenters. The van der Waals surface area contributed by atoms with Gasteiger partial charge in [-0.25, -0.2) is 23.0 Å². The Morgan fingerprint density at radius 1 is 0.463 bits per heavy atom. The van der Waals surface area contributed by atoms with Crippen molar-refractivity contribution in [3.8, 4) is 11.5 Å². The quantitative estimate of drug-likeness (QED) is 0.0302. The molecule has 19 heteroatoms. The minimum absolute atomic E-state index is 0.0230. The van der Waals surface area contributed by atoms with Crippen molar-refractivity contribution in [2.75, 3.05) is 32.9 Å². The highest BCUT2D eigenvalue weighted by Crippen LogP contribution is 2.30. The Labute approximate surface area is 469 Å². The lowest BCUT2D eigenvalue weighted by Crippen LogP contribution is -2.28. The molecule has 3 N–H and O–H groups in total. The van der Waals surface area contributed by atoms with E-state index in [1.54, 1.807) is 91.0 Å². The average molecular weight is 1110 g/mol. The number of hydrogen-bond donors (Lipinski definition) is 3. The SMILES string of the molecule is C=C1CC(=O)N(c2ccc(C(=O)Nc3cccc(OC(=O)c4ccc5cc(C(C)=O)ccc5c4)c3)cc2)C1=O.C=C1CC(=O)N(c2ccc(C(=O)Nc3cccc(S(=O)(=O)c4cccc(NC(=O)c5ccc(OC)cc5)c4)c3)cc2)C1=O. The van der Waals surface area contributed by atoms with E-state index < -0.39 is 51.2 Å². The minimum Gasteiger partial charge on any atom is -0.497 e. The van der Waals surface area contributed by atoms with Gasteiger partial charge in [0.25, 0.3) is 29.5 Å². The summed E-state index contributed by atoms with van der Waals surface area (Å²) in [5.41, 5.74) is 3.89. The van der Waals surface area contributed by atoms with E-state index in [1.807, 2.05) is 0 Å². The number of methoxy groups -OCH3 is 1. The van der Waals surface area contributed by atoms with Crippen molar-refractivity contribution in [2.45, 2.75) is 29.6 Å². The van der Waals surface area contributed by atoms with Crippen molar-refractivity contribution < 1.29 is 61.0 Å². The number of Topliss-reactive ketones (excluding diaryl/α,β-unsaturated/α-hetero) is 1. The molecule has 0 aromatic heterocycles. The largest absolute Gasteiger partial charge is 0.497 e. The third-order valence-electron chi connectivity index (χ3n) is 13.0. The molecule has 0 aliphatic carbocycles. The number of fused-ring (bicyclic) bond motifs is 1. The number of hydrogen-bond acceptors (Lipinski definition) is 13. The highest BCUT2D eigenvalue weighted by molar-refractivity contribution is 7.91. The van der Waals surface area contributed by atoms with Crippen LogP contribution in [0.25, 0.3) is 10.8 Å². The van der Waals surface area contributed by atoms with E-state index >= 15 is 0 Å². The van der Waals surface area contributed by atoms with Crippen molar-refractivity contribution >= 4 is 102 Å². The van der Waals surface area contributed by atoms with Crippen LogP contribution in [0.1, 0.15) is 71.6 Å². The molecular weight excluding hydrogens is 1070 g/mol. The fourth-order valence-corrected chi connectivity index (χ4v) is 9.98. The lowest BCUT2D eigenvalue weighted by atomic mass is 10.0. The number of amides is 7. The van der Waals surface area contributed by atoms with Crippen LogP contribution in [0.3, 0.4) is 0 Å². The Morgan fingerprint density at radius 2 is 0.854 bits per heavy atom. The summed E-state index contributed by atoms with van der Waals surface area (Å²) >= 11 is 0.